The van der Waals surface area contributed by atoms with E-state index in [0.717, 1.165) is 16.7 Å². The third-order valence-corrected chi connectivity index (χ3v) is 4.16. The molecule has 0 unspecified atom stereocenters. The maximum absolute atomic E-state index is 12.9. The second kappa shape index (κ2) is 8.76. The minimum Gasteiger partial charge on any atom is -0.326 e. The molecule has 5 heteroatoms. The number of carbonyl (C=O) groups excluding carboxylic acids is 2. The number of rotatable bonds is 5. The number of aromatic nitrogens is 1. The molecule has 0 saturated carbocycles. The molecule has 2 aromatic carbocycles. The summed E-state index contributed by atoms with van der Waals surface area (Å²) >= 11 is 0. The third-order valence-electron chi connectivity index (χ3n) is 4.16. The summed E-state index contributed by atoms with van der Waals surface area (Å²) < 4.78 is 0. The van der Waals surface area contributed by atoms with Crippen LogP contribution in [-0.4, -0.2) is 21.7 Å². The molecular formula is C22H21N3O2. The average Bonchev–Trinajstić information content (AvgIpc) is 2.70. The average molecular weight is 359 g/mol. The van der Waals surface area contributed by atoms with Gasteiger partial charge in [0, 0.05) is 19.3 Å². The lowest BCUT2D eigenvalue weighted by atomic mass is 10.1. The van der Waals surface area contributed by atoms with E-state index in [1.165, 1.54) is 4.90 Å². The fourth-order valence-corrected chi connectivity index (χ4v) is 2.73. The van der Waals surface area contributed by atoms with Gasteiger partial charge in [0.15, 0.2) is 0 Å². The van der Waals surface area contributed by atoms with Crippen LogP contribution in [0.1, 0.15) is 16.7 Å². The van der Waals surface area contributed by atoms with Gasteiger partial charge in [-0.25, -0.2) is 4.98 Å². The summed E-state index contributed by atoms with van der Waals surface area (Å²) in [6, 6.07) is 22.9. The Morgan fingerprint density at radius 1 is 0.852 bits per heavy atom. The van der Waals surface area contributed by atoms with Crippen LogP contribution in [-0.2, 0) is 22.7 Å². The first-order valence-electron chi connectivity index (χ1n) is 8.73. The van der Waals surface area contributed by atoms with Gasteiger partial charge < -0.3 is 10.2 Å². The third kappa shape index (κ3) is 5.01. The van der Waals surface area contributed by atoms with E-state index in [9.17, 15) is 9.59 Å². The highest BCUT2D eigenvalue weighted by molar-refractivity contribution is 6.39. The fraction of sp³-hybridized carbons (Fsp3) is 0.136. The number of amides is 2. The molecule has 27 heavy (non-hydrogen) atoms. The van der Waals surface area contributed by atoms with E-state index in [4.69, 9.17) is 0 Å². The first-order chi connectivity index (χ1) is 13.1. The zero-order chi connectivity index (χ0) is 19.1. The summed E-state index contributed by atoms with van der Waals surface area (Å²) in [5.41, 5.74) is 2.73. The monoisotopic (exact) mass is 359 g/mol. The summed E-state index contributed by atoms with van der Waals surface area (Å²) in [6.45, 7) is 2.53. The molecule has 0 atom stereocenters. The molecule has 0 radical (unpaired) electrons. The van der Waals surface area contributed by atoms with E-state index < -0.39 is 11.8 Å². The molecule has 5 nitrogen and oxygen atoms in total. The van der Waals surface area contributed by atoms with E-state index in [0.29, 0.717) is 18.9 Å². The van der Waals surface area contributed by atoms with Gasteiger partial charge in [0.1, 0.15) is 5.82 Å². The zero-order valence-corrected chi connectivity index (χ0v) is 15.1. The molecule has 1 aromatic heterocycles. The van der Waals surface area contributed by atoms with E-state index in [-0.39, 0.29) is 0 Å². The minimum atomic E-state index is -0.691. The number of anilines is 1. The van der Waals surface area contributed by atoms with Crippen LogP contribution in [0.5, 0.6) is 0 Å². The molecule has 0 spiro atoms. The van der Waals surface area contributed by atoms with Crippen molar-refractivity contribution in [1.82, 2.24) is 9.88 Å². The zero-order valence-electron chi connectivity index (χ0n) is 15.1. The second-order valence-corrected chi connectivity index (χ2v) is 6.26. The predicted octanol–water partition coefficient (Wildman–Crippen LogP) is 3.56. The number of nitrogens with zero attached hydrogens (tertiary/aromatic N) is 2. The van der Waals surface area contributed by atoms with Crippen molar-refractivity contribution in [3.63, 3.8) is 0 Å². The molecule has 3 aromatic rings. The molecule has 136 valence electrons. The summed E-state index contributed by atoms with van der Waals surface area (Å²) in [4.78, 5) is 31.1. The molecule has 1 N–H and O–H groups in total. The van der Waals surface area contributed by atoms with E-state index >= 15 is 0 Å². The second-order valence-electron chi connectivity index (χ2n) is 6.26. The summed E-state index contributed by atoms with van der Waals surface area (Å²) in [5, 5.41) is 2.62. The Kier molecular flexibility index (Phi) is 5.94. The smallest absolute Gasteiger partial charge is 0.315 e. The fourth-order valence-electron chi connectivity index (χ4n) is 2.73. The first-order valence-corrected chi connectivity index (χ1v) is 8.73. The largest absolute Gasteiger partial charge is 0.326 e. The van der Waals surface area contributed by atoms with Crippen molar-refractivity contribution in [3.05, 3.63) is 95.7 Å². The number of aryl methyl sites for hydroxylation is 1. The first kappa shape index (κ1) is 18.3. The van der Waals surface area contributed by atoms with Gasteiger partial charge in [-0.15, -0.1) is 0 Å². The highest BCUT2D eigenvalue weighted by atomic mass is 16.2. The van der Waals surface area contributed by atoms with Crippen molar-refractivity contribution in [1.29, 1.82) is 0 Å². The van der Waals surface area contributed by atoms with Crippen LogP contribution in [0.3, 0.4) is 0 Å². The highest BCUT2D eigenvalue weighted by Gasteiger charge is 2.23. The summed E-state index contributed by atoms with van der Waals surface area (Å²) in [6.07, 6.45) is 1.58. The van der Waals surface area contributed by atoms with Gasteiger partial charge in [-0.2, -0.15) is 0 Å². The van der Waals surface area contributed by atoms with Crippen molar-refractivity contribution in [3.8, 4) is 0 Å². The number of hydrogen-bond acceptors (Lipinski definition) is 3. The number of carbonyl (C=O) groups is 2. The Morgan fingerprint density at radius 3 is 1.93 bits per heavy atom. The Bertz CT molecular complexity index is 870. The van der Waals surface area contributed by atoms with Gasteiger partial charge in [0.25, 0.3) is 0 Å². The van der Waals surface area contributed by atoms with Gasteiger partial charge in [-0.3, -0.25) is 9.59 Å². The van der Waals surface area contributed by atoms with Gasteiger partial charge >= 0.3 is 11.8 Å². The normalized spacial score (nSPS) is 10.3. The van der Waals surface area contributed by atoms with E-state index in [2.05, 4.69) is 10.3 Å². The van der Waals surface area contributed by atoms with Crippen LogP contribution in [0.4, 0.5) is 5.82 Å². The van der Waals surface area contributed by atoms with Crippen molar-refractivity contribution in [2.75, 3.05) is 5.32 Å². The molecule has 0 aliphatic carbocycles. The Labute approximate surface area is 158 Å². The van der Waals surface area contributed by atoms with Crippen LogP contribution < -0.4 is 5.32 Å². The molecule has 2 amide bonds. The Morgan fingerprint density at radius 2 is 1.41 bits per heavy atom. The number of pyridine rings is 1. The van der Waals surface area contributed by atoms with E-state index in [1.54, 1.807) is 12.3 Å². The lowest BCUT2D eigenvalue weighted by Gasteiger charge is -2.22. The van der Waals surface area contributed by atoms with Crippen molar-refractivity contribution in [2.45, 2.75) is 20.0 Å². The molecule has 0 bridgehead atoms. The predicted molar refractivity (Wildman–Crippen MR) is 105 cm³/mol. The Hall–Kier alpha value is -3.47. The molecule has 0 aliphatic heterocycles. The van der Waals surface area contributed by atoms with Crippen molar-refractivity contribution in [2.24, 2.45) is 0 Å². The van der Waals surface area contributed by atoms with Crippen molar-refractivity contribution < 1.29 is 9.59 Å². The number of benzene rings is 2. The van der Waals surface area contributed by atoms with Gasteiger partial charge in [-0.1, -0.05) is 66.7 Å². The van der Waals surface area contributed by atoms with Crippen LogP contribution in [0.2, 0.25) is 0 Å². The van der Waals surface area contributed by atoms with Crippen LogP contribution >= 0.6 is 0 Å². The molecular weight excluding hydrogens is 338 g/mol. The van der Waals surface area contributed by atoms with Crippen LogP contribution in [0.15, 0.2) is 79.0 Å². The highest BCUT2D eigenvalue weighted by Crippen LogP contribution is 2.13. The Balaban J connectivity index is 1.79. The molecule has 0 aliphatic rings. The van der Waals surface area contributed by atoms with Gasteiger partial charge in [0.2, 0.25) is 0 Å². The molecule has 1 heterocycles. The SMILES string of the molecule is Cc1cccnc1NC(=O)C(=O)N(Cc1ccccc1)Cc1ccccc1. The molecule has 0 fully saturated rings. The quantitative estimate of drug-likeness (QED) is 0.709. The maximum Gasteiger partial charge on any atom is 0.315 e. The van der Waals surface area contributed by atoms with Crippen LogP contribution in [0.25, 0.3) is 0 Å². The van der Waals surface area contributed by atoms with Crippen LogP contribution in [0, 0.1) is 6.92 Å². The lowest BCUT2D eigenvalue weighted by Crippen LogP contribution is -2.39. The summed E-state index contributed by atoms with van der Waals surface area (Å²) in [7, 11) is 0. The van der Waals surface area contributed by atoms with Gasteiger partial charge in [0.05, 0.1) is 0 Å². The maximum atomic E-state index is 12.9. The summed E-state index contributed by atoms with van der Waals surface area (Å²) in [5.74, 6) is -0.883. The lowest BCUT2D eigenvalue weighted by molar-refractivity contribution is -0.144. The number of nitrogens with one attached hydrogen (secondary N) is 1. The topological polar surface area (TPSA) is 62.3 Å². The minimum absolute atomic E-state index is 0.350. The van der Waals surface area contributed by atoms with Gasteiger partial charge in [-0.05, 0) is 29.7 Å². The van der Waals surface area contributed by atoms with E-state index in [1.807, 2.05) is 73.7 Å². The molecule has 3 rings (SSSR count). The molecule has 0 saturated heterocycles. The number of hydrogen-bond donors (Lipinski definition) is 1. The van der Waals surface area contributed by atoms with Crippen molar-refractivity contribution >= 4 is 17.6 Å². The standard InChI is InChI=1S/C22H21N3O2/c1-17-9-8-14-23-20(17)24-21(26)22(27)25(15-18-10-4-2-5-11-18)16-19-12-6-3-7-13-19/h2-14H,15-16H2,1H3,(H,23,24,26).